The molecule has 0 amide bonds. The molecule has 106 valence electrons. The van der Waals surface area contributed by atoms with E-state index in [0.717, 1.165) is 12.1 Å². The van der Waals surface area contributed by atoms with E-state index in [4.69, 9.17) is 4.74 Å². The van der Waals surface area contributed by atoms with Crippen LogP contribution in [-0.2, 0) is 4.79 Å². The third-order valence-corrected chi connectivity index (χ3v) is 1.95. The molecule has 3 nitrogen and oxygen atoms in total. The summed E-state index contributed by atoms with van der Waals surface area (Å²) in [6.07, 6.45) is -4.61. The van der Waals surface area contributed by atoms with Gasteiger partial charge in [0.1, 0.15) is 11.5 Å². The lowest BCUT2D eigenvalue weighted by atomic mass is 9.92. The van der Waals surface area contributed by atoms with Gasteiger partial charge in [0.05, 0.1) is 6.42 Å². The maximum absolute atomic E-state index is 12.0. The van der Waals surface area contributed by atoms with Gasteiger partial charge in [0.25, 0.3) is 0 Å². The van der Waals surface area contributed by atoms with Crippen molar-refractivity contribution in [1.29, 1.82) is 0 Å². The minimum Gasteiger partial charge on any atom is -0.426 e. The summed E-state index contributed by atoms with van der Waals surface area (Å²) in [6, 6.07) is 4.87. The van der Waals surface area contributed by atoms with Crippen LogP contribution in [0.3, 0.4) is 0 Å². The summed E-state index contributed by atoms with van der Waals surface area (Å²) in [5.74, 6) is -0.902. The first-order valence-corrected chi connectivity index (χ1v) is 5.62. The number of ether oxygens (including phenoxy) is 2. The lowest BCUT2D eigenvalue weighted by Crippen LogP contribution is -2.18. The lowest BCUT2D eigenvalue weighted by molar-refractivity contribution is -0.274. The van der Waals surface area contributed by atoms with E-state index in [9.17, 15) is 18.0 Å². The van der Waals surface area contributed by atoms with Crippen molar-refractivity contribution in [3.8, 4) is 11.5 Å². The average Bonchev–Trinajstić information content (AvgIpc) is 2.11. The van der Waals surface area contributed by atoms with Crippen LogP contribution in [0.1, 0.15) is 27.2 Å². The van der Waals surface area contributed by atoms with Crippen LogP contribution in [0.15, 0.2) is 24.3 Å². The lowest BCUT2D eigenvalue weighted by Gasteiger charge is -2.16. The first-order valence-electron chi connectivity index (χ1n) is 5.62. The van der Waals surface area contributed by atoms with Gasteiger partial charge in [-0.1, -0.05) is 26.8 Å². The molecule has 0 aliphatic rings. The van der Waals surface area contributed by atoms with Gasteiger partial charge >= 0.3 is 12.3 Å². The number of hydrogen-bond acceptors (Lipinski definition) is 3. The summed E-state index contributed by atoms with van der Waals surface area (Å²) in [5, 5.41) is 0. The molecule has 1 aromatic rings. The highest BCUT2D eigenvalue weighted by Crippen LogP contribution is 2.27. The van der Waals surface area contributed by atoms with Crippen LogP contribution in [0.4, 0.5) is 13.2 Å². The third-order valence-electron chi connectivity index (χ3n) is 1.95. The second-order valence-corrected chi connectivity index (χ2v) is 5.23. The molecule has 0 spiro atoms. The minimum absolute atomic E-state index is 0.0241. The molecule has 6 heteroatoms. The molecule has 0 aromatic heterocycles. The molecule has 0 radical (unpaired) electrons. The van der Waals surface area contributed by atoms with E-state index in [2.05, 4.69) is 4.74 Å². The number of benzene rings is 1. The average molecular weight is 276 g/mol. The Morgan fingerprint density at radius 1 is 1.16 bits per heavy atom. The molecule has 0 N–H and O–H groups in total. The normalized spacial score (nSPS) is 12.1. The van der Waals surface area contributed by atoms with Crippen LogP contribution in [0.2, 0.25) is 0 Å². The molecule has 0 aliphatic heterocycles. The zero-order chi connectivity index (χ0) is 14.7. The van der Waals surface area contributed by atoms with Crippen molar-refractivity contribution in [2.75, 3.05) is 0 Å². The van der Waals surface area contributed by atoms with Crippen LogP contribution in [0.5, 0.6) is 11.5 Å². The van der Waals surface area contributed by atoms with Crippen LogP contribution in [0.25, 0.3) is 0 Å². The van der Waals surface area contributed by atoms with E-state index >= 15 is 0 Å². The number of hydrogen-bond donors (Lipinski definition) is 0. The number of rotatable bonds is 3. The summed E-state index contributed by atoms with van der Waals surface area (Å²) < 4.78 is 44.8. The number of alkyl halides is 3. The Hall–Kier alpha value is -1.72. The maximum Gasteiger partial charge on any atom is 0.573 e. The Morgan fingerprint density at radius 2 is 1.74 bits per heavy atom. The predicted octanol–water partition coefficient (Wildman–Crippen LogP) is 3.93. The van der Waals surface area contributed by atoms with Crippen molar-refractivity contribution in [3.63, 3.8) is 0 Å². The van der Waals surface area contributed by atoms with Gasteiger partial charge in [0.15, 0.2) is 0 Å². The number of carbonyl (C=O) groups is 1. The van der Waals surface area contributed by atoms with Gasteiger partial charge in [0, 0.05) is 6.07 Å². The first-order chi connectivity index (χ1) is 8.55. The quantitative estimate of drug-likeness (QED) is 0.620. The Labute approximate surface area is 109 Å². The van der Waals surface area contributed by atoms with E-state index in [-0.39, 0.29) is 17.6 Å². The topological polar surface area (TPSA) is 35.5 Å². The van der Waals surface area contributed by atoms with Gasteiger partial charge in [-0.3, -0.25) is 4.79 Å². The van der Waals surface area contributed by atoms with E-state index in [1.807, 2.05) is 20.8 Å². The molecule has 19 heavy (non-hydrogen) atoms. The number of esters is 1. The van der Waals surface area contributed by atoms with Crippen molar-refractivity contribution < 1.29 is 27.4 Å². The molecule has 0 bridgehead atoms. The van der Waals surface area contributed by atoms with Crippen LogP contribution < -0.4 is 9.47 Å². The van der Waals surface area contributed by atoms with Crippen molar-refractivity contribution in [2.24, 2.45) is 5.41 Å². The van der Waals surface area contributed by atoms with E-state index in [0.29, 0.717) is 0 Å². The van der Waals surface area contributed by atoms with Crippen LogP contribution in [0, 0.1) is 5.41 Å². The predicted molar refractivity (Wildman–Crippen MR) is 62.8 cm³/mol. The van der Waals surface area contributed by atoms with Gasteiger partial charge in [-0.25, -0.2) is 0 Å². The summed E-state index contributed by atoms with van der Waals surface area (Å²) in [6.45, 7) is 5.58. The second kappa shape index (κ2) is 5.50. The highest BCUT2D eigenvalue weighted by molar-refractivity contribution is 5.73. The Kier molecular flexibility index (Phi) is 4.44. The third kappa shape index (κ3) is 6.69. The molecule has 0 unspecified atom stereocenters. The molecule has 1 rings (SSSR count). The molecule has 0 atom stereocenters. The Balaban J connectivity index is 2.70. The minimum atomic E-state index is -4.77. The van der Waals surface area contributed by atoms with Gasteiger partial charge in [-0.05, 0) is 17.5 Å². The monoisotopic (exact) mass is 276 g/mol. The smallest absolute Gasteiger partial charge is 0.426 e. The highest BCUT2D eigenvalue weighted by Gasteiger charge is 2.31. The zero-order valence-corrected chi connectivity index (χ0v) is 10.9. The van der Waals surface area contributed by atoms with Crippen LogP contribution >= 0.6 is 0 Å². The van der Waals surface area contributed by atoms with Crippen molar-refractivity contribution >= 4 is 5.97 Å². The van der Waals surface area contributed by atoms with Gasteiger partial charge in [-0.2, -0.15) is 0 Å². The molecule has 0 saturated heterocycles. The van der Waals surface area contributed by atoms with E-state index < -0.39 is 18.1 Å². The van der Waals surface area contributed by atoms with Crippen molar-refractivity contribution in [2.45, 2.75) is 33.6 Å². The fourth-order valence-corrected chi connectivity index (χ4v) is 1.34. The molecule has 0 aliphatic carbocycles. The van der Waals surface area contributed by atoms with Gasteiger partial charge in [-0.15, -0.1) is 13.2 Å². The van der Waals surface area contributed by atoms with Gasteiger partial charge in [0.2, 0.25) is 0 Å². The first kappa shape index (κ1) is 15.3. The SMILES string of the molecule is CC(C)(C)CC(=O)Oc1cccc(OC(F)(F)F)c1. The summed E-state index contributed by atoms with van der Waals surface area (Å²) in [4.78, 5) is 11.5. The zero-order valence-electron chi connectivity index (χ0n) is 10.9. The van der Waals surface area contributed by atoms with Crippen molar-refractivity contribution in [3.05, 3.63) is 24.3 Å². The fraction of sp³-hybridized carbons (Fsp3) is 0.462. The van der Waals surface area contributed by atoms with E-state index in [1.165, 1.54) is 12.1 Å². The number of carbonyl (C=O) groups excluding carboxylic acids is 1. The van der Waals surface area contributed by atoms with Crippen molar-refractivity contribution in [1.82, 2.24) is 0 Å². The highest BCUT2D eigenvalue weighted by atomic mass is 19.4. The summed E-state index contributed by atoms with van der Waals surface area (Å²) in [7, 11) is 0. The Morgan fingerprint density at radius 3 is 2.26 bits per heavy atom. The van der Waals surface area contributed by atoms with Crippen LogP contribution in [-0.4, -0.2) is 12.3 Å². The molecule has 0 saturated carbocycles. The number of halogens is 3. The second-order valence-electron chi connectivity index (χ2n) is 5.23. The van der Waals surface area contributed by atoms with E-state index in [1.54, 1.807) is 0 Å². The molecular formula is C13H15F3O3. The summed E-state index contributed by atoms with van der Waals surface area (Å²) in [5.41, 5.74) is -0.253. The maximum atomic E-state index is 12.0. The molecule has 0 heterocycles. The fourth-order valence-electron chi connectivity index (χ4n) is 1.34. The molecule has 1 aromatic carbocycles. The molecule has 0 fully saturated rings. The standard InChI is InChI=1S/C13H15F3O3/c1-12(2,3)8-11(17)18-9-5-4-6-10(7-9)19-13(14,15)16/h4-7H,8H2,1-3H3. The summed E-state index contributed by atoms with van der Waals surface area (Å²) >= 11 is 0. The Bertz CT molecular complexity index is 447. The molecular weight excluding hydrogens is 261 g/mol. The largest absolute Gasteiger partial charge is 0.573 e. The van der Waals surface area contributed by atoms with Gasteiger partial charge < -0.3 is 9.47 Å².